The number of pyridine rings is 1. The molecule has 0 bridgehead atoms. The average Bonchev–Trinajstić information content (AvgIpc) is 3.07. The molecule has 0 N–H and O–H groups in total. The number of ether oxygens (including phenoxy) is 1. The highest BCUT2D eigenvalue weighted by atomic mass is 32.2. The largest absolute Gasteiger partial charge is 0.459 e. The molecule has 0 spiro atoms. The van der Waals surface area contributed by atoms with Gasteiger partial charge in [0.15, 0.2) is 4.80 Å². The van der Waals surface area contributed by atoms with Gasteiger partial charge in [-0.1, -0.05) is 23.5 Å². The van der Waals surface area contributed by atoms with E-state index in [1.165, 1.54) is 11.3 Å². The molecule has 8 heteroatoms. The monoisotopic (exact) mass is 465 g/mol. The average molecular weight is 466 g/mol. The van der Waals surface area contributed by atoms with Crippen LogP contribution in [0.1, 0.15) is 37.9 Å². The second kappa shape index (κ2) is 9.26. The normalized spacial score (nSPS) is 16.2. The Morgan fingerprint density at radius 2 is 1.88 bits per heavy atom. The minimum Gasteiger partial charge on any atom is -0.459 e. The number of thioether (sulfide) groups is 1. The lowest BCUT2D eigenvalue weighted by Crippen LogP contribution is -2.40. The first-order valence-electron chi connectivity index (χ1n) is 10.2. The molecular weight excluding hydrogens is 442 g/mol. The van der Waals surface area contributed by atoms with Gasteiger partial charge in [-0.2, -0.15) is 0 Å². The summed E-state index contributed by atoms with van der Waals surface area (Å²) in [6.07, 6.45) is 6.92. The number of allylic oxidation sites excluding steroid dienone is 1. The Bertz CT molecular complexity index is 1350. The van der Waals surface area contributed by atoms with Crippen LogP contribution >= 0.6 is 23.1 Å². The molecule has 3 heterocycles. The van der Waals surface area contributed by atoms with Crippen molar-refractivity contribution >= 4 is 35.1 Å². The molecule has 4 rings (SSSR count). The molecule has 32 heavy (non-hydrogen) atoms. The molecule has 0 fully saturated rings. The summed E-state index contributed by atoms with van der Waals surface area (Å²) in [5.74, 6) is -0.455. The number of aromatic nitrogens is 2. The van der Waals surface area contributed by atoms with Crippen molar-refractivity contribution in [1.29, 1.82) is 0 Å². The predicted molar refractivity (Wildman–Crippen MR) is 127 cm³/mol. The topological polar surface area (TPSA) is 73.6 Å². The van der Waals surface area contributed by atoms with E-state index in [1.54, 1.807) is 49.5 Å². The van der Waals surface area contributed by atoms with Gasteiger partial charge in [-0.3, -0.25) is 14.3 Å². The van der Waals surface area contributed by atoms with Crippen LogP contribution in [0.3, 0.4) is 0 Å². The van der Waals surface area contributed by atoms with Crippen molar-refractivity contribution in [3.05, 3.63) is 90.9 Å². The molecule has 6 nitrogen and oxygen atoms in total. The minimum absolute atomic E-state index is 0.188. The van der Waals surface area contributed by atoms with Crippen LogP contribution < -0.4 is 14.9 Å². The lowest BCUT2D eigenvalue weighted by Gasteiger charge is -2.25. The van der Waals surface area contributed by atoms with Crippen LogP contribution in [0.25, 0.3) is 6.08 Å². The summed E-state index contributed by atoms with van der Waals surface area (Å²) >= 11 is 2.95. The lowest BCUT2D eigenvalue weighted by atomic mass is 9.96. The highest BCUT2D eigenvalue weighted by Crippen LogP contribution is 2.31. The smallest absolute Gasteiger partial charge is 0.338 e. The van der Waals surface area contributed by atoms with Crippen LogP contribution in [0.4, 0.5) is 0 Å². The van der Waals surface area contributed by atoms with Crippen molar-refractivity contribution in [3.8, 4) is 0 Å². The van der Waals surface area contributed by atoms with Crippen LogP contribution in [0.5, 0.6) is 0 Å². The van der Waals surface area contributed by atoms with Crippen molar-refractivity contribution in [3.63, 3.8) is 0 Å². The molecule has 0 amide bonds. The third-order valence-electron chi connectivity index (χ3n) is 5.02. The maximum Gasteiger partial charge on any atom is 0.338 e. The number of rotatable bonds is 5. The van der Waals surface area contributed by atoms with E-state index in [9.17, 15) is 9.59 Å². The zero-order chi connectivity index (χ0) is 22.8. The molecule has 1 aliphatic rings. The quantitative estimate of drug-likeness (QED) is 0.427. The molecular formula is C24H23N3O3S2. The fraction of sp³-hybridized carbons (Fsp3) is 0.250. The van der Waals surface area contributed by atoms with Gasteiger partial charge in [0.1, 0.15) is 0 Å². The molecule has 0 unspecified atom stereocenters. The number of benzene rings is 1. The molecule has 0 aliphatic carbocycles. The van der Waals surface area contributed by atoms with Gasteiger partial charge in [0, 0.05) is 17.3 Å². The van der Waals surface area contributed by atoms with Gasteiger partial charge in [-0.25, -0.2) is 9.79 Å². The maximum absolute atomic E-state index is 13.5. The van der Waals surface area contributed by atoms with E-state index in [-0.39, 0.29) is 11.7 Å². The fourth-order valence-corrected chi connectivity index (χ4v) is 5.03. The third-order valence-corrected chi connectivity index (χ3v) is 6.75. The van der Waals surface area contributed by atoms with Crippen LogP contribution in [0, 0.1) is 0 Å². The summed E-state index contributed by atoms with van der Waals surface area (Å²) < 4.78 is 7.68. The number of esters is 1. The van der Waals surface area contributed by atoms with Crippen LogP contribution in [0.15, 0.2) is 74.7 Å². The van der Waals surface area contributed by atoms with Gasteiger partial charge < -0.3 is 4.74 Å². The Morgan fingerprint density at radius 3 is 2.50 bits per heavy atom. The Labute approximate surface area is 194 Å². The number of hydrogen-bond acceptors (Lipinski definition) is 7. The third kappa shape index (κ3) is 4.33. The summed E-state index contributed by atoms with van der Waals surface area (Å²) in [5, 5.41) is 0. The summed E-state index contributed by atoms with van der Waals surface area (Å²) in [7, 11) is 0. The molecule has 0 radical (unpaired) electrons. The first-order chi connectivity index (χ1) is 15.4. The van der Waals surface area contributed by atoms with Gasteiger partial charge in [0.2, 0.25) is 0 Å². The second-order valence-electron chi connectivity index (χ2n) is 7.59. The van der Waals surface area contributed by atoms with Gasteiger partial charge in [0.05, 0.1) is 27.9 Å². The molecule has 2 aromatic heterocycles. The van der Waals surface area contributed by atoms with Gasteiger partial charge >= 0.3 is 5.97 Å². The fourth-order valence-electron chi connectivity index (χ4n) is 3.57. The van der Waals surface area contributed by atoms with Crippen LogP contribution in [-0.4, -0.2) is 27.9 Å². The summed E-state index contributed by atoms with van der Waals surface area (Å²) in [4.78, 5) is 36.9. The van der Waals surface area contributed by atoms with Crippen molar-refractivity contribution in [2.75, 3.05) is 6.26 Å². The Balaban J connectivity index is 1.94. The predicted octanol–water partition coefficient (Wildman–Crippen LogP) is 3.30. The number of fused-ring (bicyclic) bond motifs is 1. The van der Waals surface area contributed by atoms with E-state index in [4.69, 9.17) is 4.74 Å². The molecule has 1 aliphatic heterocycles. The maximum atomic E-state index is 13.5. The Morgan fingerprint density at radius 1 is 1.19 bits per heavy atom. The Hall–Kier alpha value is -2.97. The first kappa shape index (κ1) is 22.2. The molecule has 0 saturated carbocycles. The molecule has 1 aromatic carbocycles. The number of carbonyl (C=O) groups excluding carboxylic acids is 1. The zero-order valence-electron chi connectivity index (χ0n) is 18.2. The van der Waals surface area contributed by atoms with E-state index < -0.39 is 12.0 Å². The van der Waals surface area contributed by atoms with Crippen LogP contribution in [0.2, 0.25) is 0 Å². The summed E-state index contributed by atoms with van der Waals surface area (Å²) in [5.41, 5.74) is 2.47. The van der Waals surface area contributed by atoms with Gasteiger partial charge in [-0.15, -0.1) is 11.8 Å². The van der Waals surface area contributed by atoms with Crippen molar-refractivity contribution in [2.45, 2.75) is 37.8 Å². The summed E-state index contributed by atoms with van der Waals surface area (Å²) in [6, 6.07) is 11.0. The zero-order valence-corrected chi connectivity index (χ0v) is 19.9. The standard InChI is InChI=1S/C24H23N3O3S2/c1-14(2)30-23(29)20-15(3)26-24-27(21(20)17-5-7-18(31-4)8-6-17)22(28)19(32-24)13-16-9-11-25-12-10-16/h5-14,21H,1-4H3/t21-/m1/s1. The molecule has 0 saturated heterocycles. The number of nitrogens with zero attached hydrogens (tertiary/aromatic N) is 3. The minimum atomic E-state index is -0.604. The number of carbonyl (C=O) groups is 1. The van der Waals surface area contributed by atoms with E-state index >= 15 is 0 Å². The molecule has 1 atom stereocenters. The van der Waals surface area contributed by atoms with Crippen LogP contribution in [-0.2, 0) is 9.53 Å². The summed E-state index contributed by atoms with van der Waals surface area (Å²) in [6.45, 7) is 5.40. The van der Waals surface area contributed by atoms with Crippen molar-refractivity contribution < 1.29 is 9.53 Å². The highest BCUT2D eigenvalue weighted by Gasteiger charge is 2.33. The molecule has 3 aromatic rings. The second-order valence-corrected chi connectivity index (χ2v) is 9.48. The van der Waals surface area contributed by atoms with Crippen molar-refractivity contribution in [2.24, 2.45) is 4.99 Å². The number of thiazole rings is 1. The van der Waals surface area contributed by atoms with E-state index in [0.717, 1.165) is 16.0 Å². The van der Waals surface area contributed by atoms with E-state index in [2.05, 4.69) is 9.98 Å². The SMILES string of the molecule is CSc1ccc([C@@H]2C(C(=O)OC(C)C)=C(C)N=c3sc(=Cc4ccncc4)c(=O)n32)cc1. The first-order valence-corrected chi connectivity index (χ1v) is 12.2. The molecule has 164 valence electrons. The number of hydrogen-bond donors (Lipinski definition) is 0. The lowest BCUT2D eigenvalue weighted by molar-refractivity contribution is -0.143. The van der Waals surface area contributed by atoms with Crippen molar-refractivity contribution in [1.82, 2.24) is 9.55 Å². The van der Waals surface area contributed by atoms with Gasteiger partial charge in [0.25, 0.3) is 5.56 Å². The highest BCUT2D eigenvalue weighted by molar-refractivity contribution is 7.98. The van der Waals surface area contributed by atoms with Gasteiger partial charge in [-0.05, 0) is 68.5 Å². The van der Waals surface area contributed by atoms with E-state index in [0.29, 0.717) is 20.6 Å². The Kier molecular flexibility index (Phi) is 6.43. The van der Waals surface area contributed by atoms with E-state index in [1.807, 2.05) is 48.7 Å².